The summed E-state index contributed by atoms with van der Waals surface area (Å²) in [5, 5.41) is 17.1. The molecule has 2 heterocycles. The molecule has 1 saturated carbocycles. The number of thiophene rings is 1. The first-order valence-electron chi connectivity index (χ1n) is 18.0. The van der Waals surface area contributed by atoms with Gasteiger partial charge in [-0.05, 0) is 112 Å². The number of hydrogen-bond acceptors (Lipinski definition) is 7. The summed E-state index contributed by atoms with van der Waals surface area (Å²) >= 11 is 1.55. The normalized spacial score (nSPS) is 15.5. The number of aryl methyl sites for hydroxylation is 1. The van der Waals surface area contributed by atoms with Crippen LogP contribution in [0.15, 0.2) is 66.0 Å². The number of carbonyl (C=O) groups excluding carboxylic acids is 4. The zero-order chi connectivity index (χ0) is 36.2. The second kappa shape index (κ2) is 18.3. The van der Waals surface area contributed by atoms with Crippen molar-refractivity contribution in [2.24, 2.45) is 5.92 Å². The van der Waals surface area contributed by atoms with Gasteiger partial charge in [0, 0.05) is 37.2 Å². The number of ether oxygens (including phenoxy) is 1. The largest absolute Gasteiger partial charge is 0.427 e. The summed E-state index contributed by atoms with van der Waals surface area (Å²) in [6.45, 7) is 5.17. The van der Waals surface area contributed by atoms with E-state index in [1.54, 1.807) is 40.5 Å². The third-order valence-electron chi connectivity index (χ3n) is 9.48. The van der Waals surface area contributed by atoms with Crippen molar-refractivity contribution >= 4 is 50.9 Å². The molecule has 1 aliphatic carbocycles. The Morgan fingerprint density at radius 1 is 0.961 bits per heavy atom. The number of esters is 1. The Morgan fingerprint density at radius 2 is 1.71 bits per heavy atom. The minimum Gasteiger partial charge on any atom is -0.427 e. The molecule has 2 aromatic carbocycles. The van der Waals surface area contributed by atoms with Crippen LogP contribution in [-0.2, 0) is 20.9 Å². The number of likely N-dealkylation sites (N-methyl/N-ethyl adjacent to an activating group) is 1. The number of amides is 3. The number of aromatic nitrogens is 1. The molecule has 2 aromatic heterocycles. The zero-order valence-corrected chi connectivity index (χ0v) is 30.3. The van der Waals surface area contributed by atoms with Gasteiger partial charge >= 0.3 is 5.97 Å². The predicted octanol–water partition coefficient (Wildman–Crippen LogP) is 7.29. The fourth-order valence-corrected chi connectivity index (χ4v) is 7.50. The summed E-state index contributed by atoms with van der Waals surface area (Å²) in [5.41, 5.74) is 3.80. The summed E-state index contributed by atoms with van der Waals surface area (Å²) in [5.74, 6) is -0.0881. The summed E-state index contributed by atoms with van der Waals surface area (Å²) < 4.78 is 8.10. The number of unbranched alkanes of at least 4 members (excludes halogenated alkanes) is 4. The number of anilines is 1. The van der Waals surface area contributed by atoms with Crippen molar-refractivity contribution < 1.29 is 23.9 Å². The maximum absolute atomic E-state index is 13.6. The summed E-state index contributed by atoms with van der Waals surface area (Å²) in [6.07, 6.45) is 7.71. The molecule has 0 aliphatic heterocycles. The van der Waals surface area contributed by atoms with E-state index in [1.807, 2.05) is 66.3 Å². The van der Waals surface area contributed by atoms with E-state index in [2.05, 4.69) is 10.6 Å². The van der Waals surface area contributed by atoms with Crippen LogP contribution in [-0.4, -0.2) is 47.4 Å². The second-order valence-corrected chi connectivity index (χ2v) is 14.2. The predicted molar refractivity (Wildman–Crippen MR) is 200 cm³/mol. The number of nitrogens with zero attached hydrogens (tertiary/aromatic N) is 3. The topological polar surface area (TPSA) is 134 Å². The number of fused-ring (bicyclic) bond motifs is 1. The van der Waals surface area contributed by atoms with Crippen molar-refractivity contribution in [2.45, 2.75) is 90.6 Å². The number of benzene rings is 2. The second-order valence-electron chi connectivity index (χ2n) is 13.2. The number of rotatable bonds is 16. The van der Waals surface area contributed by atoms with Gasteiger partial charge in [-0.15, -0.1) is 11.3 Å². The van der Waals surface area contributed by atoms with E-state index in [0.29, 0.717) is 49.4 Å². The van der Waals surface area contributed by atoms with Crippen LogP contribution < -0.4 is 20.3 Å². The van der Waals surface area contributed by atoms with Crippen LogP contribution in [0.2, 0.25) is 0 Å². The number of nitriles is 1. The highest BCUT2D eigenvalue weighted by atomic mass is 32.1. The van der Waals surface area contributed by atoms with Crippen LogP contribution in [0, 0.1) is 24.2 Å². The quantitative estimate of drug-likeness (QED) is 0.0714. The molecule has 51 heavy (non-hydrogen) atoms. The maximum atomic E-state index is 13.6. The van der Waals surface area contributed by atoms with Crippen LogP contribution in [0.1, 0.15) is 92.7 Å². The Morgan fingerprint density at radius 3 is 2.43 bits per heavy atom. The van der Waals surface area contributed by atoms with Gasteiger partial charge in [0.05, 0.1) is 21.8 Å². The lowest BCUT2D eigenvalue weighted by molar-refractivity contribution is -0.134. The lowest BCUT2D eigenvalue weighted by atomic mass is 9.85. The minimum atomic E-state index is -0.278. The highest BCUT2D eigenvalue weighted by Crippen LogP contribution is 2.28. The van der Waals surface area contributed by atoms with Gasteiger partial charge in [-0.25, -0.2) is 0 Å². The lowest BCUT2D eigenvalue weighted by Crippen LogP contribution is -2.42. The molecule has 0 unspecified atom stereocenters. The highest BCUT2D eigenvalue weighted by molar-refractivity contribution is 7.17. The van der Waals surface area contributed by atoms with Crippen molar-refractivity contribution in [3.63, 3.8) is 0 Å². The average molecular weight is 710 g/mol. The molecule has 11 heteroatoms. The van der Waals surface area contributed by atoms with Crippen LogP contribution >= 0.6 is 11.3 Å². The molecular weight excluding hydrogens is 663 g/mol. The van der Waals surface area contributed by atoms with Gasteiger partial charge in [-0.3, -0.25) is 19.2 Å². The van der Waals surface area contributed by atoms with E-state index in [-0.39, 0.29) is 42.2 Å². The van der Waals surface area contributed by atoms with Crippen LogP contribution in [0.25, 0.3) is 10.2 Å². The zero-order valence-electron chi connectivity index (χ0n) is 29.5. The Hall–Kier alpha value is -4.95. The molecular formula is C40H47N5O5S. The van der Waals surface area contributed by atoms with Crippen molar-refractivity contribution in [3.05, 3.63) is 82.9 Å². The Bertz CT molecular complexity index is 1850. The van der Waals surface area contributed by atoms with E-state index in [9.17, 15) is 19.2 Å². The third-order valence-corrected chi connectivity index (χ3v) is 10.3. The minimum absolute atomic E-state index is 0.0283. The first-order valence-corrected chi connectivity index (χ1v) is 18.9. The summed E-state index contributed by atoms with van der Waals surface area (Å²) in [7, 11) is 0. The SMILES string of the molecule is CCN(C(=O)Cn1c(C(=O)NC2CCC(C(=O)NCCCCCCCC(=O)Oc3ccc(C#N)cc3)CC2)cc2sccc21)c1cccc(C)c1. The maximum Gasteiger partial charge on any atom is 0.311 e. The van der Waals surface area contributed by atoms with Gasteiger partial charge in [-0.1, -0.05) is 31.4 Å². The molecule has 0 atom stereocenters. The summed E-state index contributed by atoms with van der Waals surface area (Å²) in [6, 6.07) is 20.2. The van der Waals surface area contributed by atoms with Gasteiger partial charge in [0.25, 0.3) is 5.91 Å². The summed E-state index contributed by atoms with van der Waals surface area (Å²) in [4.78, 5) is 53.8. The molecule has 5 rings (SSSR count). The lowest BCUT2D eigenvalue weighted by Gasteiger charge is -2.28. The van der Waals surface area contributed by atoms with Gasteiger partial charge in [-0.2, -0.15) is 5.26 Å². The number of carbonyl (C=O) groups is 4. The van der Waals surface area contributed by atoms with Crippen LogP contribution in [0.5, 0.6) is 5.75 Å². The van der Waals surface area contributed by atoms with Crippen molar-refractivity contribution in [1.82, 2.24) is 15.2 Å². The number of nitrogens with one attached hydrogen (secondary N) is 2. The Labute approximate surface area is 303 Å². The van der Waals surface area contributed by atoms with Gasteiger partial charge in [0.1, 0.15) is 18.0 Å². The van der Waals surface area contributed by atoms with Gasteiger partial charge in [0.15, 0.2) is 0 Å². The average Bonchev–Trinajstić information content (AvgIpc) is 3.73. The van der Waals surface area contributed by atoms with Crippen molar-refractivity contribution in [1.29, 1.82) is 5.26 Å². The smallest absolute Gasteiger partial charge is 0.311 e. The fourth-order valence-electron chi connectivity index (χ4n) is 6.67. The Balaban J connectivity index is 0.995. The third kappa shape index (κ3) is 10.3. The van der Waals surface area contributed by atoms with Gasteiger partial charge < -0.3 is 24.8 Å². The van der Waals surface area contributed by atoms with E-state index in [0.717, 1.165) is 66.4 Å². The molecule has 0 saturated heterocycles. The first kappa shape index (κ1) is 37.3. The Kier molecular flexibility index (Phi) is 13.4. The van der Waals surface area contributed by atoms with Crippen LogP contribution in [0.3, 0.4) is 0 Å². The van der Waals surface area contributed by atoms with Gasteiger partial charge in [0.2, 0.25) is 11.8 Å². The molecule has 1 aliphatic rings. The van der Waals surface area contributed by atoms with E-state index in [4.69, 9.17) is 10.00 Å². The molecule has 2 N–H and O–H groups in total. The highest BCUT2D eigenvalue weighted by Gasteiger charge is 2.29. The standard InChI is InChI=1S/C40H47N5O5S/c1-3-44(32-11-9-10-28(2)24-32)37(46)27-45-34-21-23-51-36(34)25-35(45)40(49)43-31-17-15-30(16-18-31)39(48)42-22-8-6-4-5-7-12-38(47)50-33-19-13-29(26-41)14-20-33/h9-11,13-14,19-21,23-25,30-31H,3-8,12,15-18,22,27H2,1-2H3,(H,42,48)(H,43,49). The number of hydrogen-bond donors (Lipinski definition) is 2. The molecule has 1 fully saturated rings. The monoisotopic (exact) mass is 709 g/mol. The fraction of sp³-hybridized carbons (Fsp3) is 0.425. The van der Waals surface area contributed by atoms with E-state index < -0.39 is 0 Å². The molecule has 0 radical (unpaired) electrons. The first-order chi connectivity index (χ1) is 24.7. The molecule has 4 aromatic rings. The molecule has 3 amide bonds. The van der Waals surface area contributed by atoms with Crippen molar-refractivity contribution in [3.8, 4) is 11.8 Å². The van der Waals surface area contributed by atoms with Crippen molar-refractivity contribution in [2.75, 3.05) is 18.0 Å². The molecule has 10 nitrogen and oxygen atoms in total. The van der Waals surface area contributed by atoms with E-state index >= 15 is 0 Å². The molecule has 0 bridgehead atoms. The molecule has 268 valence electrons. The van der Waals surface area contributed by atoms with Crippen LogP contribution in [0.4, 0.5) is 5.69 Å². The van der Waals surface area contributed by atoms with E-state index in [1.165, 1.54) is 0 Å². The molecule has 0 spiro atoms.